The fourth-order valence-electron chi connectivity index (χ4n) is 3.49. The average molecular weight is 294 g/mol. The summed E-state index contributed by atoms with van der Waals surface area (Å²) in [6.07, 6.45) is 6.64. The Bertz CT molecular complexity index is 415. The van der Waals surface area contributed by atoms with Crippen molar-refractivity contribution in [3.8, 4) is 0 Å². The highest BCUT2D eigenvalue weighted by molar-refractivity contribution is 9.10. The summed E-state index contributed by atoms with van der Waals surface area (Å²) in [5.74, 6) is 0. The highest BCUT2D eigenvalue weighted by Gasteiger charge is 2.30. The standard InChI is InChI=1S/C15H20BrN/c1-11-3-2-8-17(11)15-7-5-12-9-14(16)6-4-13(12)10-15/h4,6,9,11,15H,2-3,5,7-8,10H2,1H3/t11-,15?/m0/s1. The molecule has 1 nitrogen and oxygen atoms in total. The normalized spacial score (nSPS) is 29.3. The molecule has 0 bridgehead atoms. The summed E-state index contributed by atoms with van der Waals surface area (Å²) >= 11 is 3.57. The minimum Gasteiger partial charge on any atom is -0.297 e. The van der Waals surface area contributed by atoms with Gasteiger partial charge in [-0.25, -0.2) is 0 Å². The summed E-state index contributed by atoms with van der Waals surface area (Å²) in [5, 5.41) is 0. The number of rotatable bonds is 1. The molecule has 2 atom stereocenters. The molecule has 1 aromatic carbocycles. The Labute approximate surface area is 112 Å². The Balaban J connectivity index is 1.78. The van der Waals surface area contributed by atoms with E-state index in [0.29, 0.717) is 0 Å². The van der Waals surface area contributed by atoms with E-state index in [-0.39, 0.29) is 0 Å². The molecule has 0 aromatic heterocycles. The summed E-state index contributed by atoms with van der Waals surface area (Å²) in [6.45, 7) is 3.71. The first-order valence-corrected chi connectivity index (χ1v) is 7.56. The molecule has 1 aromatic rings. The first-order chi connectivity index (χ1) is 8.24. The zero-order valence-corrected chi connectivity index (χ0v) is 12.0. The zero-order valence-electron chi connectivity index (χ0n) is 10.5. The monoisotopic (exact) mass is 293 g/mol. The fraction of sp³-hybridized carbons (Fsp3) is 0.600. The van der Waals surface area contributed by atoms with E-state index in [4.69, 9.17) is 0 Å². The molecule has 2 aliphatic rings. The molecule has 1 unspecified atom stereocenters. The second-order valence-corrected chi connectivity index (χ2v) is 6.45. The van der Waals surface area contributed by atoms with Crippen molar-refractivity contribution in [3.63, 3.8) is 0 Å². The third-order valence-electron chi connectivity index (χ3n) is 4.44. The molecule has 0 N–H and O–H groups in total. The van der Waals surface area contributed by atoms with Gasteiger partial charge in [0.1, 0.15) is 0 Å². The first-order valence-electron chi connectivity index (χ1n) is 6.77. The highest BCUT2D eigenvalue weighted by atomic mass is 79.9. The largest absolute Gasteiger partial charge is 0.297 e. The number of hydrogen-bond donors (Lipinski definition) is 0. The van der Waals surface area contributed by atoms with Crippen molar-refractivity contribution in [1.82, 2.24) is 4.90 Å². The van der Waals surface area contributed by atoms with E-state index in [0.717, 1.165) is 12.1 Å². The molecule has 1 heterocycles. The lowest BCUT2D eigenvalue weighted by Crippen LogP contribution is -2.41. The van der Waals surface area contributed by atoms with Crippen molar-refractivity contribution in [1.29, 1.82) is 0 Å². The summed E-state index contributed by atoms with van der Waals surface area (Å²) in [6, 6.07) is 8.40. The van der Waals surface area contributed by atoms with Crippen LogP contribution in [0.2, 0.25) is 0 Å². The molecule has 1 aliphatic heterocycles. The van der Waals surface area contributed by atoms with Crippen LogP contribution in [0.4, 0.5) is 0 Å². The summed E-state index contributed by atoms with van der Waals surface area (Å²) in [4.78, 5) is 2.74. The second-order valence-electron chi connectivity index (χ2n) is 5.54. The van der Waals surface area contributed by atoms with Crippen molar-refractivity contribution >= 4 is 15.9 Å². The van der Waals surface area contributed by atoms with Crippen molar-refractivity contribution < 1.29 is 0 Å². The van der Waals surface area contributed by atoms with Gasteiger partial charge >= 0.3 is 0 Å². The van der Waals surface area contributed by atoms with E-state index >= 15 is 0 Å². The third kappa shape index (κ3) is 2.30. The third-order valence-corrected chi connectivity index (χ3v) is 4.94. The number of likely N-dealkylation sites (tertiary alicyclic amines) is 1. The molecule has 3 rings (SSSR count). The van der Waals surface area contributed by atoms with Crippen LogP contribution in [0.1, 0.15) is 37.3 Å². The predicted molar refractivity (Wildman–Crippen MR) is 75.4 cm³/mol. The first kappa shape index (κ1) is 11.7. The molecule has 0 amide bonds. The van der Waals surface area contributed by atoms with Gasteiger partial charge in [0.05, 0.1) is 0 Å². The molecular formula is C15H20BrN. The molecule has 1 saturated heterocycles. The maximum atomic E-state index is 3.57. The van der Waals surface area contributed by atoms with E-state index in [1.54, 1.807) is 11.1 Å². The van der Waals surface area contributed by atoms with E-state index in [2.05, 4.69) is 46.0 Å². The minimum absolute atomic E-state index is 0.793. The van der Waals surface area contributed by atoms with Crippen molar-refractivity contribution in [2.24, 2.45) is 0 Å². The van der Waals surface area contributed by atoms with Gasteiger partial charge in [-0.3, -0.25) is 4.90 Å². The molecular weight excluding hydrogens is 274 g/mol. The molecule has 0 spiro atoms. The van der Waals surface area contributed by atoms with Crippen LogP contribution >= 0.6 is 15.9 Å². The zero-order chi connectivity index (χ0) is 11.8. The van der Waals surface area contributed by atoms with Gasteiger partial charge in [0.2, 0.25) is 0 Å². The van der Waals surface area contributed by atoms with Crippen molar-refractivity contribution in [3.05, 3.63) is 33.8 Å². The van der Waals surface area contributed by atoms with Gasteiger partial charge in [0.25, 0.3) is 0 Å². The van der Waals surface area contributed by atoms with Crippen LogP contribution in [0.5, 0.6) is 0 Å². The van der Waals surface area contributed by atoms with Gasteiger partial charge in [-0.05, 0) is 68.8 Å². The van der Waals surface area contributed by atoms with Crippen LogP contribution < -0.4 is 0 Å². The van der Waals surface area contributed by atoms with Crippen LogP contribution in [-0.2, 0) is 12.8 Å². The highest BCUT2D eigenvalue weighted by Crippen LogP contribution is 2.30. The Kier molecular flexibility index (Phi) is 3.27. The second kappa shape index (κ2) is 4.74. The van der Waals surface area contributed by atoms with Crippen LogP contribution in [-0.4, -0.2) is 23.5 Å². The summed E-state index contributed by atoms with van der Waals surface area (Å²) in [7, 11) is 0. The Morgan fingerprint density at radius 2 is 2.12 bits per heavy atom. The van der Waals surface area contributed by atoms with Crippen molar-refractivity contribution in [2.45, 2.75) is 51.1 Å². The quantitative estimate of drug-likeness (QED) is 0.761. The summed E-state index contributed by atoms with van der Waals surface area (Å²) < 4.78 is 1.23. The number of benzene rings is 1. The topological polar surface area (TPSA) is 3.24 Å². The van der Waals surface area contributed by atoms with Crippen LogP contribution in [0, 0.1) is 0 Å². The van der Waals surface area contributed by atoms with Crippen molar-refractivity contribution in [2.75, 3.05) is 6.54 Å². The molecule has 0 radical (unpaired) electrons. The predicted octanol–water partition coefficient (Wildman–Crippen LogP) is 3.79. The smallest absolute Gasteiger partial charge is 0.0178 e. The van der Waals surface area contributed by atoms with E-state index in [1.165, 1.54) is 43.1 Å². The van der Waals surface area contributed by atoms with Gasteiger partial charge in [-0.1, -0.05) is 22.0 Å². The molecule has 1 aliphatic carbocycles. The Morgan fingerprint density at radius 1 is 1.24 bits per heavy atom. The maximum absolute atomic E-state index is 3.57. The SMILES string of the molecule is C[C@H]1CCCN1C1CCc2cc(Br)ccc2C1. The molecule has 0 saturated carbocycles. The maximum Gasteiger partial charge on any atom is 0.0178 e. The van der Waals surface area contributed by atoms with Crippen LogP contribution in [0.3, 0.4) is 0 Å². The number of halogens is 1. The lowest BCUT2D eigenvalue weighted by atomic mass is 9.87. The number of nitrogens with zero attached hydrogens (tertiary/aromatic N) is 1. The number of aryl methyl sites for hydroxylation is 1. The molecule has 92 valence electrons. The summed E-state index contributed by atoms with van der Waals surface area (Å²) in [5.41, 5.74) is 3.13. The molecule has 17 heavy (non-hydrogen) atoms. The molecule has 1 fully saturated rings. The lowest BCUT2D eigenvalue weighted by molar-refractivity contribution is 0.174. The molecule has 2 heteroatoms. The lowest BCUT2D eigenvalue weighted by Gasteiger charge is -2.35. The van der Waals surface area contributed by atoms with E-state index < -0.39 is 0 Å². The van der Waals surface area contributed by atoms with Gasteiger partial charge in [0.15, 0.2) is 0 Å². The fourth-order valence-corrected chi connectivity index (χ4v) is 3.89. The Morgan fingerprint density at radius 3 is 2.88 bits per heavy atom. The number of hydrogen-bond acceptors (Lipinski definition) is 1. The van der Waals surface area contributed by atoms with Crippen LogP contribution in [0.15, 0.2) is 22.7 Å². The van der Waals surface area contributed by atoms with Gasteiger partial charge in [-0.2, -0.15) is 0 Å². The van der Waals surface area contributed by atoms with Crippen LogP contribution in [0.25, 0.3) is 0 Å². The number of fused-ring (bicyclic) bond motifs is 1. The minimum atomic E-state index is 0.793. The van der Waals surface area contributed by atoms with Gasteiger partial charge in [-0.15, -0.1) is 0 Å². The Hall–Kier alpha value is -0.340. The average Bonchev–Trinajstić information content (AvgIpc) is 2.75. The van der Waals surface area contributed by atoms with Gasteiger partial charge < -0.3 is 0 Å². The van der Waals surface area contributed by atoms with E-state index in [1.807, 2.05) is 0 Å². The van der Waals surface area contributed by atoms with E-state index in [9.17, 15) is 0 Å². The van der Waals surface area contributed by atoms with Gasteiger partial charge in [0, 0.05) is 16.6 Å².